The third kappa shape index (κ3) is 3.18. The van der Waals surface area contributed by atoms with Gasteiger partial charge in [0.2, 0.25) is 6.79 Å². The summed E-state index contributed by atoms with van der Waals surface area (Å²) in [6.45, 7) is 0.252. The summed E-state index contributed by atoms with van der Waals surface area (Å²) >= 11 is 0. The molecular formula is C20H15N5O2. The third-order valence-corrected chi connectivity index (χ3v) is 4.19. The second kappa shape index (κ2) is 6.45. The van der Waals surface area contributed by atoms with Crippen LogP contribution in [0.4, 0.5) is 23.0 Å². The van der Waals surface area contributed by atoms with Crippen LogP contribution in [0, 0.1) is 0 Å². The van der Waals surface area contributed by atoms with Crippen molar-refractivity contribution in [3.8, 4) is 11.5 Å². The van der Waals surface area contributed by atoms with Crippen LogP contribution in [-0.2, 0) is 0 Å². The Morgan fingerprint density at radius 2 is 1.52 bits per heavy atom. The van der Waals surface area contributed by atoms with Crippen LogP contribution in [0.5, 0.6) is 11.5 Å². The first-order valence-electron chi connectivity index (χ1n) is 8.44. The lowest BCUT2D eigenvalue weighted by Gasteiger charge is -2.09. The van der Waals surface area contributed by atoms with E-state index in [9.17, 15) is 0 Å². The molecule has 0 fully saturated rings. The van der Waals surface area contributed by atoms with Crippen molar-refractivity contribution in [1.29, 1.82) is 0 Å². The van der Waals surface area contributed by atoms with E-state index >= 15 is 0 Å². The molecule has 1 aliphatic heterocycles. The average molecular weight is 357 g/mol. The molecule has 132 valence electrons. The maximum atomic E-state index is 5.40. The molecule has 2 aromatic carbocycles. The maximum absolute atomic E-state index is 5.40. The fourth-order valence-corrected chi connectivity index (χ4v) is 2.92. The standard InChI is InChI=1S/C20H15N5O2/c1-2-13-8-14(3-5-16(13)21-7-1)24-19-10-20(23-11-22-19)25-15-4-6-17-18(9-15)27-12-26-17/h1-11H,12H2,(H2,22,23,24,25). The van der Waals surface area contributed by atoms with Crippen LogP contribution in [0.1, 0.15) is 0 Å². The van der Waals surface area contributed by atoms with Gasteiger partial charge in [0, 0.05) is 35.1 Å². The Morgan fingerprint density at radius 3 is 2.41 bits per heavy atom. The molecular weight excluding hydrogens is 342 g/mol. The number of ether oxygens (including phenoxy) is 2. The summed E-state index contributed by atoms with van der Waals surface area (Å²) in [6.07, 6.45) is 3.30. The fourth-order valence-electron chi connectivity index (χ4n) is 2.92. The molecule has 0 saturated carbocycles. The number of aromatic nitrogens is 3. The lowest BCUT2D eigenvalue weighted by Crippen LogP contribution is -1.98. The molecule has 4 aromatic rings. The highest BCUT2D eigenvalue weighted by Gasteiger charge is 2.13. The summed E-state index contributed by atoms with van der Waals surface area (Å²) in [6, 6.07) is 17.5. The smallest absolute Gasteiger partial charge is 0.231 e. The van der Waals surface area contributed by atoms with Crippen LogP contribution in [0.3, 0.4) is 0 Å². The van der Waals surface area contributed by atoms with E-state index in [4.69, 9.17) is 9.47 Å². The molecule has 0 aliphatic carbocycles. The van der Waals surface area contributed by atoms with Gasteiger partial charge in [0.25, 0.3) is 0 Å². The lowest BCUT2D eigenvalue weighted by atomic mass is 10.2. The van der Waals surface area contributed by atoms with Gasteiger partial charge in [0.05, 0.1) is 5.52 Å². The van der Waals surface area contributed by atoms with Crippen molar-refractivity contribution >= 4 is 33.9 Å². The van der Waals surface area contributed by atoms with Crippen LogP contribution < -0.4 is 20.1 Å². The van der Waals surface area contributed by atoms with Crippen molar-refractivity contribution in [2.45, 2.75) is 0 Å². The Hall–Kier alpha value is -3.87. The monoisotopic (exact) mass is 357 g/mol. The predicted molar refractivity (Wildman–Crippen MR) is 103 cm³/mol. The van der Waals surface area contributed by atoms with E-state index in [2.05, 4.69) is 25.6 Å². The highest BCUT2D eigenvalue weighted by Crippen LogP contribution is 2.35. The molecule has 0 atom stereocenters. The van der Waals surface area contributed by atoms with Crippen molar-refractivity contribution in [2.75, 3.05) is 17.4 Å². The van der Waals surface area contributed by atoms with Crippen molar-refractivity contribution in [1.82, 2.24) is 15.0 Å². The van der Waals surface area contributed by atoms with Crippen LogP contribution in [0.15, 0.2) is 67.1 Å². The number of anilines is 4. The summed E-state index contributed by atoms with van der Waals surface area (Å²) < 4.78 is 10.7. The number of benzene rings is 2. The molecule has 5 rings (SSSR count). The first-order valence-corrected chi connectivity index (χ1v) is 8.44. The Morgan fingerprint density at radius 1 is 0.741 bits per heavy atom. The summed E-state index contributed by atoms with van der Waals surface area (Å²) in [5.41, 5.74) is 2.75. The molecule has 27 heavy (non-hydrogen) atoms. The first kappa shape index (κ1) is 15.4. The van der Waals surface area contributed by atoms with Crippen molar-refractivity contribution in [2.24, 2.45) is 0 Å². The van der Waals surface area contributed by atoms with Gasteiger partial charge >= 0.3 is 0 Å². The number of pyridine rings is 1. The topological polar surface area (TPSA) is 81.2 Å². The van der Waals surface area contributed by atoms with E-state index in [0.717, 1.165) is 33.8 Å². The molecule has 1 aliphatic rings. The summed E-state index contributed by atoms with van der Waals surface area (Å²) in [4.78, 5) is 12.9. The van der Waals surface area contributed by atoms with Crippen molar-refractivity contribution < 1.29 is 9.47 Å². The molecule has 0 amide bonds. The second-order valence-electron chi connectivity index (χ2n) is 6.02. The van der Waals surface area contributed by atoms with E-state index in [-0.39, 0.29) is 6.79 Å². The molecule has 7 nitrogen and oxygen atoms in total. The van der Waals surface area contributed by atoms with Gasteiger partial charge in [-0.2, -0.15) is 0 Å². The predicted octanol–water partition coefficient (Wildman–Crippen LogP) is 4.24. The zero-order chi connectivity index (χ0) is 18.1. The summed E-state index contributed by atoms with van der Waals surface area (Å²) in [7, 11) is 0. The average Bonchev–Trinajstić information content (AvgIpc) is 3.16. The van der Waals surface area contributed by atoms with Gasteiger partial charge in [0.15, 0.2) is 11.5 Å². The van der Waals surface area contributed by atoms with Crippen LogP contribution in [-0.4, -0.2) is 21.7 Å². The molecule has 0 bridgehead atoms. The van der Waals surface area contributed by atoms with E-state index in [1.807, 2.05) is 54.6 Å². The van der Waals surface area contributed by atoms with Gasteiger partial charge in [-0.1, -0.05) is 6.07 Å². The zero-order valence-electron chi connectivity index (χ0n) is 14.2. The normalized spacial score (nSPS) is 12.1. The number of hydrogen-bond acceptors (Lipinski definition) is 7. The molecule has 0 unspecified atom stereocenters. The van der Waals surface area contributed by atoms with Crippen LogP contribution >= 0.6 is 0 Å². The molecule has 0 saturated heterocycles. The van der Waals surface area contributed by atoms with Gasteiger partial charge < -0.3 is 20.1 Å². The highest BCUT2D eigenvalue weighted by molar-refractivity contribution is 5.83. The number of rotatable bonds is 4. The number of hydrogen-bond donors (Lipinski definition) is 2. The van der Waals surface area contributed by atoms with Crippen LogP contribution in [0.25, 0.3) is 10.9 Å². The van der Waals surface area contributed by atoms with E-state index in [0.29, 0.717) is 11.6 Å². The van der Waals surface area contributed by atoms with Crippen molar-refractivity contribution in [3.63, 3.8) is 0 Å². The first-order chi connectivity index (χ1) is 13.3. The number of fused-ring (bicyclic) bond motifs is 2. The summed E-state index contributed by atoms with van der Waals surface area (Å²) in [5, 5.41) is 7.62. The quantitative estimate of drug-likeness (QED) is 0.565. The molecule has 2 N–H and O–H groups in total. The van der Waals surface area contributed by atoms with Gasteiger partial charge in [-0.15, -0.1) is 0 Å². The molecule has 2 aromatic heterocycles. The zero-order valence-corrected chi connectivity index (χ0v) is 14.2. The number of nitrogens with zero attached hydrogens (tertiary/aromatic N) is 3. The van der Waals surface area contributed by atoms with E-state index < -0.39 is 0 Å². The minimum atomic E-state index is 0.252. The largest absolute Gasteiger partial charge is 0.454 e. The van der Waals surface area contributed by atoms with E-state index in [1.165, 1.54) is 6.33 Å². The molecule has 0 spiro atoms. The molecule has 3 heterocycles. The van der Waals surface area contributed by atoms with Crippen LogP contribution in [0.2, 0.25) is 0 Å². The van der Waals surface area contributed by atoms with Crippen molar-refractivity contribution in [3.05, 3.63) is 67.1 Å². The van der Waals surface area contributed by atoms with Gasteiger partial charge in [-0.3, -0.25) is 4.98 Å². The number of nitrogens with one attached hydrogen (secondary N) is 2. The van der Waals surface area contributed by atoms with Gasteiger partial charge in [-0.05, 0) is 36.4 Å². The second-order valence-corrected chi connectivity index (χ2v) is 6.02. The minimum absolute atomic E-state index is 0.252. The lowest BCUT2D eigenvalue weighted by molar-refractivity contribution is 0.174. The highest BCUT2D eigenvalue weighted by atomic mass is 16.7. The Labute approximate surface area is 155 Å². The Kier molecular flexibility index (Phi) is 3.68. The SMILES string of the molecule is c1cnc2ccc(Nc3cc(Nc4ccc5c(c4)OCO5)ncn3)cc2c1. The fraction of sp³-hybridized carbons (Fsp3) is 0.0500. The summed E-state index contributed by atoms with van der Waals surface area (Å²) in [5.74, 6) is 2.83. The Balaban J connectivity index is 1.36. The van der Waals surface area contributed by atoms with Gasteiger partial charge in [0.1, 0.15) is 18.0 Å². The Bertz CT molecular complexity index is 1130. The molecule has 7 heteroatoms. The maximum Gasteiger partial charge on any atom is 0.231 e. The van der Waals surface area contributed by atoms with E-state index in [1.54, 1.807) is 6.20 Å². The molecule has 0 radical (unpaired) electrons. The third-order valence-electron chi connectivity index (χ3n) is 4.19. The minimum Gasteiger partial charge on any atom is -0.454 e. The van der Waals surface area contributed by atoms with Gasteiger partial charge in [-0.25, -0.2) is 9.97 Å².